The van der Waals surface area contributed by atoms with Crippen LogP contribution in [0.1, 0.15) is 26.7 Å². The molecule has 4 N–H and O–H groups in total. The zero-order valence-corrected chi connectivity index (χ0v) is 13.1. The number of nitrogens with zero attached hydrogens (tertiary/aromatic N) is 4. The van der Waals surface area contributed by atoms with Gasteiger partial charge in [0.2, 0.25) is 0 Å². The lowest BCUT2D eigenvalue weighted by molar-refractivity contribution is 0.176. The number of hydrogen-bond donors (Lipinski definition) is 0. The van der Waals surface area contributed by atoms with Crippen molar-refractivity contribution in [3.05, 3.63) is 24.8 Å². The first-order valence-corrected chi connectivity index (χ1v) is 6.91. The van der Waals surface area contributed by atoms with E-state index in [0.29, 0.717) is 12.3 Å². The van der Waals surface area contributed by atoms with Gasteiger partial charge in [-0.15, -0.1) is 0 Å². The second kappa shape index (κ2) is 8.01. The second-order valence-electron chi connectivity index (χ2n) is 5.37. The summed E-state index contributed by atoms with van der Waals surface area (Å²) in [5, 5.41) is 0. The molecule has 0 fully saturated rings. The molecule has 0 aliphatic carbocycles. The lowest BCUT2D eigenvalue weighted by Gasteiger charge is -2.29. The summed E-state index contributed by atoms with van der Waals surface area (Å²) in [6.07, 6.45) is 12.3. The summed E-state index contributed by atoms with van der Waals surface area (Å²) in [5.74, 6) is 0. The molecule has 0 bridgehead atoms. The van der Waals surface area contributed by atoms with Crippen molar-refractivity contribution in [3.8, 4) is 0 Å². The topological polar surface area (TPSA) is 76.0 Å². The summed E-state index contributed by atoms with van der Waals surface area (Å²) in [6, 6.07) is 0. The molecule has 0 amide bonds. The Morgan fingerprint density at radius 3 is 1.30 bits per heavy atom. The molecular weight excluding hydrogens is 256 g/mol. The molecule has 0 aromatic carbocycles. The maximum atomic E-state index is 2.41. The van der Waals surface area contributed by atoms with Gasteiger partial charge in [0.1, 0.15) is 0 Å². The maximum absolute atomic E-state index is 2.41. The highest BCUT2D eigenvalue weighted by atomic mass is 16.0. The monoisotopic (exact) mass is 286 g/mol. The van der Waals surface area contributed by atoms with Gasteiger partial charge in [-0.05, 0) is 26.7 Å². The van der Waals surface area contributed by atoms with Crippen molar-refractivity contribution in [2.75, 3.05) is 27.2 Å². The van der Waals surface area contributed by atoms with Crippen LogP contribution in [-0.4, -0.2) is 70.1 Å². The van der Waals surface area contributed by atoms with E-state index in [2.05, 4.69) is 72.3 Å². The van der Waals surface area contributed by atoms with Crippen molar-refractivity contribution in [2.45, 2.75) is 39.0 Å². The zero-order chi connectivity index (χ0) is 13.1. The molecule has 0 spiro atoms. The third kappa shape index (κ3) is 4.05. The van der Waals surface area contributed by atoms with Gasteiger partial charge >= 0.3 is 0 Å². The molecule has 0 saturated carbocycles. The summed E-state index contributed by atoms with van der Waals surface area (Å²) in [4.78, 5) is 9.32. The van der Waals surface area contributed by atoms with Gasteiger partial charge in [-0.25, -0.2) is 0 Å². The van der Waals surface area contributed by atoms with E-state index in [1.165, 1.54) is 12.8 Å². The summed E-state index contributed by atoms with van der Waals surface area (Å²) in [5.41, 5.74) is 0. The first kappa shape index (κ1) is 18.6. The van der Waals surface area contributed by atoms with E-state index in [9.17, 15) is 0 Å². The molecular formula is C14H30N4O2. The summed E-state index contributed by atoms with van der Waals surface area (Å²) < 4.78 is 0. The fraction of sp³-hybridized carbons (Fsp3) is 0.714. The van der Waals surface area contributed by atoms with Crippen LogP contribution in [0.2, 0.25) is 0 Å². The maximum Gasteiger partial charge on any atom is 0.0974 e. The van der Waals surface area contributed by atoms with E-state index < -0.39 is 0 Å². The molecule has 2 rings (SSSR count). The normalized spacial score (nSPS) is 24.2. The third-order valence-electron chi connectivity index (χ3n) is 4.21. The fourth-order valence-corrected chi connectivity index (χ4v) is 2.46. The van der Waals surface area contributed by atoms with Crippen LogP contribution in [0.15, 0.2) is 24.8 Å². The highest BCUT2D eigenvalue weighted by Gasteiger charge is 2.19. The van der Waals surface area contributed by atoms with Crippen LogP contribution in [0, 0.1) is 0 Å². The highest BCUT2D eigenvalue weighted by Crippen LogP contribution is 2.16. The molecule has 118 valence electrons. The second-order valence-corrected chi connectivity index (χ2v) is 5.37. The van der Waals surface area contributed by atoms with Crippen molar-refractivity contribution >= 4 is 0 Å². The lowest BCUT2D eigenvalue weighted by atomic mass is 10.2. The van der Waals surface area contributed by atoms with Gasteiger partial charge < -0.3 is 30.6 Å². The summed E-state index contributed by atoms with van der Waals surface area (Å²) in [6.45, 7) is 6.81. The van der Waals surface area contributed by atoms with Gasteiger partial charge in [0.05, 0.1) is 12.3 Å². The molecule has 20 heavy (non-hydrogen) atoms. The van der Waals surface area contributed by atoms with Crippen LogP contribution < -0.4 is 0 Å². The van der Waals surface area contributed by atoms with Gasteiger partial charge in [-0.2, -0.15) is 0 Å². The molecule has 2 atom stereocenters. The Morgan fingerprint density at radius 1 is 0.700 bits per heavy atom. The average Bonchev–Trinajstić information content (AvgIpc) is 2.83. The Hall–Kier alpha value is -1.40. The summed E-state index contributed by atoms with van der Waals surface area (Å²) >= 11 is 0. The lowest BCUT2D eigenvalue weighted by Crippen LogP contribution is -2.35. The minimum Gasteiger partial charge on any atom is -0.412 e. The third-order valence-corrected chi connectivity index (χ3v) is 4.21. The smallest absolute Gasteiger partial charge is 0.0974 e. The predicted molar refractivity (Wildman–Crippen MR) is 82.6 cm³/mol. The predicted octanol–water partition coefficient (Wildman–Crippen LogP) is 0.246. The van der Waals surface area contributed by atoms with E-state index >= 15 is 0 Å². The van der Waals surface area contributed by atoms with E-state index in [1.807, 2.05) is 0 Å². The molecule has 0 radical (unpaired) electrons. The molecule has 2 aliphatic rings. The summed E-state index contributed by atoms with van der Waals surface area (Å²) in [7, 11) is 4.27. The molecule has 2 unspecified atom stereocenters. The Bertz CT molecular complexity index is 303. The van der Waals surface area contributed by atoms with Crippen LogP contribution >= 0.6 is 0 Å². The fourth-order valence-electron chi connectivity index (χ4n) is 2.46. The minimum absolute atomic E-state index is 0. The van der Waals surface area contributed by atoms with Gasteiger partial charge in [-0.1, -0.05) is 0 Å². The highest BCUT2D eigenvalue weighted by molar-refractivity contribution is 4.94. The number of rotatable bonds is 5. The quantitative estimate of drug-likeness (QED) is 0.679. The molecule has 0 aromatic rings. The Morgan fingerprint density at radius 2 is 1.05 bits per heavy atom. The Labute approximate surface area is 122 Å². The van der Waals surface area contributed by atoms with Crippen molar-refractivity contribution in [3.63, 3.8) is 0 Å². The zero-order valence-electron chi connectivity index (χ0n) is 13.1. The SMILES string of the molecule is CC1N(C)C=CN1CCCCN1C=CN(C)C1C.O.O. The Balaban J connectivity index is 0.00000180. The molecule has 6 heteroatoms. The van der Waals surface area contributed by atoms with Crippen LogP contribution in [0.3, 0.4) is 0 Å². The largest absolute Gasteiger partial charge is 0.412 e. The van der Waals surface area contributed by atoms with Gasteiger partial charge in [0, 0.05) is 52.0 Å². The van der Waals surface area contributed by atoms with Crippen molar-refractivity contribution < 1.29 is 11.0 Å². The number of hydrogen-bond acceptors (Lipinski definition) is 4. The standard InChI is InChI=1S/C14H26N4.2H2O/c1-13-15(3)9-11-17(13)7-5-6-8-18-12-10-16(4)14(18)2;;/h9-14H,5-8H2,1-4H3;2*1H2. The van der Waals surface area contributed by atoms with Crippen molar-refractivity contribution in [1.29, 1.82) is 0 Å². The number of unbranched alkanes of at least 4 members (excludes halogenated alkanes) is 1. The van der Waals surface area contributed by atoms with E-state index in [1.54, 1.807) is 0 Å². The van der Waals surface area contributed by atoms with Gasteiger partial charge in [0.25, 0.3) is 0 Å². The molecule has 6 nitrogen and oxygen atoms in total. The first-order chi connectivity index (χ1) is 8.59. The van der Waals surface area contributed by atoms with Crippen molar-refractivity contribution in [1.82, 2.24) is 19.6 Å². The van der Waals surface area contributed by atoms with Crippen LogP contribution in [0.4, 0.5) is 0 Å². The van der Waals surface area contributed by atoms with Crippen LogP contribution in [0.5, 0.6) is 0 Å². The molecule has 2 aliphatic heterocycles. The molecule has 0 saturated heterocycles. The van der Waals surface area contributed by atoms with E-state index in [0.717, 1.165) is 13.1 Å². The van der Waals surface area contributed by atoms with Gasteiger partial charge in [0.15, 0.2) is 0 Å². The van der Waals surface area contributed by atoms with E-state index in [4.69, 9.17) is 0 Å². The van der Waals surface area contributed by atoms with Crippen molar-refractivity contribution in [2.24, 2.45) is 0 Å². The van der Waals surface area contributed by atoms with Gasteiger partial charge in [-0.3, -0.25) is 0 Å². The Kier molecular flexibility index (Phi) is 7.45. The van der Waals surface area contributed by atoms with Crippen LogP contribution in [0.25, 0.3) is 0 Å². The minimum atomic E-state index is 0. The molecule has 0 aromatic heterocycles. The molecule has 2 heterocycles. The first-order valence-electron chi connectivity index (χ1n) is 6.91. The van der Waals surface area contributed by atoms with E-state index in [-0.39, 0.29) is 11.0 Å². The average molecular weight is 286 g/mol. The van der Waals surface area contributed by atoms with Crippen LogP contribution in [-0.2, 0) is 0 Å².